The molecule has 0 amide bonds. The van der Waals surface area contributed by atoms with Crippen LogP contribution in [0.25, 0.3) is 0 Å². The molecule has 0 bridgehead atoms. The third-order valence-corrected chi connectivity index (χ3v) is 2.07. The smallest absolute Gasteiger partial charge is 0.335 e. The van der Waals surface area contributed by atoms with Crippen LogP contribution in [-0.2, 0) is 9.53 Å². The number of hydrogen-bond acceptors (Lipinski definition) is 4. The van der Waals surface area contributed by atoms with Crippen LogP contribution in [0.2, 0.25) is 0 Å². The Balaban J connectivity index is 2.46. The summed E-state index contributed by atoms with van der Waals surface area (Å²) in [6.45, 7) is 5.16. The topological polar surface area (TPSA) is 72.8 Å². The number of ether oxygens (including phenoxy) is 2. The predicted molar refractivity (Wildman–Crippen MR) is 64.6 cm³/mol. The van der Waals surface area contributed by atoms with Crippen LogP contribution < -0.4 is 4.74 Å². The van der Waals surface area contributed by atoms with Crippen molar-refractivity contribution in [1.29, 1.82) is 0 Å². The van der Waals surface area contributed by atoms with Gasteiger partial charge in [0, 0.05) is 6.08 Å². The maximum atomic E-state index is 10.9. The zero-order valence-electron chi connectivity index (χ0n) is 9.96. The standard InChI is InChI=1S/C13H14O5/c1-3-12(14)18-9(2)8-17-11-6-4-10(5-7-11)13(15)16/h3-7,9H,1,8H2,2H3,(H,15,16). The molecule has 1 N–H and O–H groups in total. The molecule has 1 aromatic rings. The summed E-state index contributed by atoms with van der Waals surface area (Å²) in [6.07, 6.45) is 0.674. The molecule has 0 aliphatic heterocycles. The fourth-order valence-corrected chi connectivity index (χ4v) is 1.19. The lowest BCUT2D eigenvalue weighted by molar-refractivity contribution is -0.143. The van der Waals surface area contributed by atoms with Gasteiger partial charge in [0.15, 0.2) is 0 Å². The van der Waals surface area contributed by atoms with E-state index in [2.05, 4.69) is 6.58 Å². The van der Waals surface area contributed by atoms with Gasteiger partial charge in [0.2, 0.25) is 0 Å². The Morgan fingerprint density at radius 2 is 2.00 bits per heavy atom. The molecule has 96 valence electrons. The Hall–Kier alpha value is -2.30. The monoisotopic (exact) mass is 250 g/mol. The molecule has 0 saturated carbocycles. The van der Waals surface area contributed by atoms with Gasteiger partial charge < -0.3 is 14.6 Å². The van der Waals surface area contributed by atoms with Gasteiger partial charge in [-0.05, 0) is 31.2 Å². The lowest BCUT2D eigenvalue weighted by Gasteiger charge is -2.13. The average molecular weight is 250 g/mol. The fraction of sp³-hybridized carbons (Fsp3) is 0.231. The van der Waals surface area contributed by atoms with Gasteiger partial charge in [0.05, 0.1) is 5.56 Å². The van der Waals surface area contributed by atoms with Gasteiger partial charge in [-0.3, -0.25) is 0 Å². The van der Waals surface area contributed by atoms with Crippen molar-refractivity contribution >= 4 is 11.9 Å². The van der Waals surface area contributed by atoms with E-state index in [-0.39, 0.29) is 12.2 Å². The molecule has 0 saturated heterocycles. The molecule has 0 aliphatic rings. The van der Waals surface area contributed by atoms with E-state index in [1.165, 1.54) is 12.1 Å². The van der Waals surface area contributed by atoms with E-state index in [0.717, 1.165) is 6.08 Å². The number of carbonyl (C=O) groups is 2. The number of carboxylic acid groups (broad SMARTS) is 1. The minimum absolute atomic E-state index is 0.187. The van der Waals surface area contributed by atoms with E-state index in [4.69, 9.17) is 14.6 Å². The van der Waals surface area contributed by atoms with Crippen molar-refractivity contribution < 1.29 is 24.2 Å². The summed E-state index contributed by atoms with van der Waals surface area (Å²) in [5, 5.41) is 8.71. The quantitative estimate of drug-likeness (QED) is 0.616. The minimum Gasteiger partial charge on any atom is -0.490 e. The Bertz CT molecular complexity index is 435. The molecule has 0 heterocycles. The zero-order chi connectivity index (χ0) is 13.5. The molecule has 0 aromatic heterocycles. The van der Waals surface area contributed by atoms with Gasteiger partial charge in [0.25, 0.3) is 0 Å². The average Bonchev–Trinajstić information content (AvgIpc) is 2.36. The van der Waals surface area contributed by atoms with Crippen molar-refractivity contribution in [3.05, 3.63) is 42.5 Å². The van der Waals surface area contributed by atoms with Gasteiger partial charge in [-0.15, -0.1) is 0 Å². The molecule has 1 aromatic carbocycles. The van der Waals surface area contributed by atoms with E-state index in [1.54, 1.807) is 19.1 Å². The molecular weight excluding hydrogens is 236 g/mol. The van der Waals surface area contributed by atoms with Gasteiger partial charge in [-0.2, -0.15) is 0 Å². The normalized spacial score (nSPS) is 11.4. The van der Waals surface area contributed by atoms with Crippen molar-refractivity contribution in [3.63, 3.8) is 0 Å². The van der Waals surface area contributed by atoms with E-state index in [9.17, 15) is 9.59 Å². The molecule has 0 fully saturated rings. The first-order chi connectivity index (χ1) is 8.52. The maximum absolute atomic E-state index is 10.9. The van der Waals surface area contributed by atoms with Crippen molar-refractivity contribution in [3.8, 4) is 5.75 Å². The third-order valence-electron chi connectivity index (χ3n) is 2.07. The predicted octanol–water partition coefficient (Wildman–Crippen LogP) is 1.88. The molecular formula is C13H14O5. The van der Waals surface area contributed by atoms with Gasteiger partial charge in [-0.1, -0.05) is 6.58 Å². The summed E-state index contributed by atoms with van der Waals surface area (Å²) in [5.41, 5.74) is 0.188. The maximum Gasteiger partial charge on any atom is 0.335 e. The highest BCUT2D eigenvalue weighted by atomic mass is 16.6. The molecule has 0 aliphatic carbocycles. The van der Waals surface area contributed by atoms with Crippen molar-refractivity contribution in [2.75, 3.05) is 6.61 Å². The minimum atomic E-state index is -0.991. The van der Waals surface area contributed by atoms with E-state index < -0.39 is 18.0 Å². The number of carboxylic acids is 1. The SMILES string of the molecule is C=CC(=O)OC(C)COc1ccc(C(=O)O)cc1. The second-order valence-electron chi connectivity index (χ2n) is 3.59. The summed E-state index contributed by atoms with van der Waals surface area (Å²) in [7, 11) is 0. The van der Waals surface area contributed by atoms with E-state index in [0.29, 0.717) is 5.75 Å². The molecule has 5 nitrogen and oxygen atoms in total. The van der Waals surface area contributed by atoms with Crippen LogP contribution in [0.15, 0.2) is 36.9 Å². The van der Waals surface area contributed by atoms with E-state index >= 15 is 0 Å². The summed E-state index contributed by atoms with van der Waals surface area (Å²) in [4.78, 5) is 21.5. The lowest BCUT2D eigenvalue weighted by Crippen LogP contribution is -2.20. The van der Waals surface area contributed by atoms with Crippen LogP contribution in [0.1, 0.15) is 17.3 Å². The van der Waals surface area contributed by atoms with Crippen LogP contribution in [0.4, 0.5) is 0 Å². The highest BCUT2D eigenvalue weighted by Gasteiger charge is 2.08. The Labute approximate surface area is 105 Å². The van der Waals surface area contributed by atoms with Gasteiger partial charge >= 0.3 is 11.9 Å². The van der Waals surface area contributed by atoms with Crippen molar-refractivity contribution in [1.82, 2.24) is 0 Å². The van der Waals surface area contributed by atoms with Crippen LogP contribution >= 0.6 is 0 Å². The Morgan fingerprint density at radius 1 is 1.39 bits per heavy atom. The molecule has 18 heavy (non-hydrogen) atoms. The molecule has 5 heteroatoms. The Morgan fingerprint density at radius 3 is 2.50 bits per heavy atom. The number of aromatic carboxylic acids is 1. The first-order valence-electron chi connectivity index (χ1n) is 5.32. The molecule has 1 atom stereocenters. The second-order valence-corrected chi connectivity index (χ2v) is 3.59. The summed E-state index contributed by atoms with van der Waals surface area (Å²) in [6, 6.07) is 5.98. The second kappa shape index (κ2) is 6.44. The lowest BCUT2D eigenvalue weighted by atomic mass is 10.2. The van der Waals surface area contributed by atoms with Gasteiger partial charge in [-0.25, -0.2) is 9.59 Å². The van der Waals surface area contributed by atoms with Crippen LogP contribution in [0.5, 0.6) is 5.75 Å². The zero-order valence-corrected chi connectivity index (χ0v) is 9.96. The van der Waals surface area contributed by atoms with Crippen molar-refractivity contribution in [2.45, 2.75) is 13.0 Å². The molecule has 0 spiro atoms. The number of benzene rings is 1. The van der Waals surface area contributed by atoms with Gasteiger partial charge in [0.1, 0.15) is 18.5 Å². The van der Waals surface area contributed by atoms with Crippen LogP contribution in [0.3, 0.4) is 0 Å². The first-order valence-corrected chi connectivity index (χ1v) is 5.32. The fourth-order valence-electron chi connectivity index (χ4n) is 1.19. The highest BCUT2D eigenvalue weighted by Crippen LogP contribution is 2.12. The molecule has 1 rings (SSSR count). The van der Waals surface area contributed by atoms with Crippen molar-refractivity contribution in [2.24, 2.45) is 0 Å². The van der Waals surface area contributed by atoms with Crippen LogP contribution in [0, 0.1) is 0 Å². The highest BCUT2D eigenvalue weighted by molar-refractivity contribution is 5.87. The van der Waals surface area contributed by atoms with E-state index in [1.807, 2.05) is 0 Å². The summed E-state index contributed by atoms with van der Waals surface area (Å²) in [5.74, 6) is -0.983. The van der Waals surface area contributed by atoms with Crippen LogP contribution in [-0.4, -0.2) is 29.8 Å². The first kappa shape index (κ1) is 13.8. The molecule has 1 unspecified atom stereocenters. The number of esters is 1. The third kappa shape index (κ3) is 4.29. The largest absolute Gasteiger partial charge is 0.490 e. The summed E-state index contributed by atoms with van der Waals surface area (Å²) < 4.78 is 10.3. The Kier molecular flexibility index (Phi) is 4.92. The number of rotatable bonds is 6. The molecule has 0 radical (unpaired) electrons. The number of hydrogen-bond donors (Lipinski definition) is 1. The number of carbonyl (C=O) groups excluding carboxylic acids is 1. The summed E-state index contributed by atoms with van der Waals surface area (Å²) >= 11 is 0.